The molecule has 2 aromatic carbocycles. The van der Waals surface area contributed by atoms with Gasteiger partial charge in [-0.1, -0.05) is 17.7 Å². The minimum absolute atomic E-state index is 0.00794. The van der Waals surface area contributed by atoms with E-state index < -0.39 is 38.6 Å². The number of hydrogen-bond donors (Lipinski definition) is 1. The third-order valence-electron chi connectivity index (χ3n) is 5.23. The van der Waals surface area contributed by atoms with Crippen molar-refractivity contribution in [2.75, 3.05) is 25.5 Å². The lowest BCUT2D eigenvalue weighted by Gasteiger charge is -2.31. The van der Waals surface area contributed by atoms with E-state index in [1.807, 2.05) is 0 Å². The molecule has 32 heavy (non-hydrogen) atoms. The number of anilines is 1. The fourth-order valence-electron chi connectivity index (χ4n) is 3.56. The topological polar surface area (TPSA) is 75.7 Å². The summed E-state index contributed by atoms with van der Waals surface area (Å²) in [6, 6.07) is 7.88. The Labute approximate surface area is 189 Å². The molecule has 3 rings (SSSR count). The molecule has 1 N–H and O–H groups in total. The number of halogens is 4. The number of alkyl halides is 3. The van der Waals surface area contributed by atoms with Crippen LogP contribution in [0, 0.1) is 12.8 Å². The summed E-state index contributed by atoms with van der Waals surface area (Å²) in [5, 5.41) is 1.98. The average molecular weight is 491 g/mol. The van der Waals surface area contributed by atoms with E-state index >= 15 is 0 Å². The minimum atomic E-state index is -4.67. The minimum Gasteiger partial charge on any atom is -0.495 e. The van der Waals surface area contributed by atoms with Crippen LogP contribution in [0.3, 0.4) is 0 Å². The van der Waals surface area contributed by atoms with Gasteiger partial charge in [0.2, 0.25) is 15.9 Å². The van der Waals surface area contributed by atoms with Gasteiger partial charge in [0, 0.05) is 18.8 Å². The maximum absolute atomic E-state index is 13.2. The summed E-state index contributed by atoms with van der Waals surface area (Å²) in [5.41, 5.74) is -0.387. The Hall–Kier alpha value is -2.30. The molecule has 0 aliphatic carbocycles. The zero-order valence-corrected chi connectivity index (χ0v) is 18.9. The third-order valence-corrected chi connectivity index (χ3v) is 7.45. The van der Waals surface area contributed by atoms with Gasteiger partial charge in [-0.2, -0.15) is 17.5 Å². The van der Waals surface area contributed by atoms with Gasteiger partial charge in [-0.15, -0.1) is 0 Å². The number of aryl methyl sites for hydroxylation is 1. The number of amides is 1. The van der Waals surface area contributed by atoms with E-state index in [1.54, 1.807) is 19.1 Å². The van der Waals surface area contributed by atoms with Crippen molar-refractivity contribution >= 4 is 33.2 Å². The fraction of sp³-hybridized carbons (Fsp3) is 0.381. The quantitative estimate of drug-likeness (QED) is 0.658. The molecule has 1 fully saturated rings. The second-order valence-corrected chi connectivity index (χ2v) is 9.85. The van der Waals surface area contributed by atoms with Gasteiger partial charge < -0.3 is 10.1 Å². The Balaban J connectivity index is 1.79. The average Bonchev–Trinajstić information content (AvgIpc) is 2.74. The lowest BCUT2D eigenvalue weighted by atomic mass is 9.98. The molecule has 0 saturated carbocycles. The van der Waals surface area contributed by atoms with Gasteiger partial charge in [0.25, 0.3) is 0 Å². The van der Waals surface area contributed by atoms with Crippen molar-refractivity contribution in [3.63, 3.8) is 0 Å². The molecule has 174 valence electrons. The van der Waals surface area contributed by atoms with Gasteiger partial charge in [0.05, 0.1) is 23.6 Å². The Bertz CT molecular complexity index is 1120. The first kappa shape index (κ1) is 24.3. The van der Waals surface area contributed by atoms with Crippen LogP contribution in [0.1, 0.15) is 24.0 Å². The zero-order chi connectivity index (χ0) is 23.7. The van der Waals surface area contributed by atoms with Crippen LogP contribution >= 0.6 is 11.6 Å². The van der Waals surface area contributed by atoms with Crippen LogP contribution < -0.4 is 10.1 Å². The SMILES string of the molecule is COc1ccc(C)cc1S(=O)(=O)N1CCC[C@@H](C(=O)Nc2ccc(Cl)c(C(F)(F)F)c2)C1. The maximum atomic E-state index is 13.2. The van der Waals surface area contributed by atoms with Crippen LogP contribution in [0.5, 0.6) is 5.75 Å². The molecule has 0 aromatic heterocycles. The summed E-state index contributed by atoms with van der Waals surface area (Å²) in [4.78, 5) is 12.7. The maximum Gasteiger partial charge on any atom is 0.417 e. The van der Waals surface area contributed by atoms with E-state index in [4.69, 9.17) is 16.3 Å². The molecular formula is C21H22ClF3N2O4S. The summed E-state index contributed by atoms with van der Waals surface area (Å²) in [6.45, 7) is 1.89. The number of sulfonamides is 1. The normalized spacial score (nSPS) is 17.8. The molecule has 1 aliphatic rings. The van der Waals surface area contributed by atoms with Crippen molar-refractivity contribution in [1.29, 1.82) is 0 Å². The molecule has 0 unspecified atom stereocenters. The predicted octanol–water partition coefficient (Wildman–Crippen LogP) is 4.72. The second kappa shape index (κ2) is 9.29. The second-order valence-electron chi connectivity index (χ2n) is 7.54. The number of ether oxygens (including phenoxy) is 1. The Morgan fingerprint density at radius 3 is 2.59 bits per heavy atom. The number of nitrogens with zero attached hydrogens (tertiary/aromatic N) is 1. The molecule has 1 aliphatic heterocycles. The third kappa shape index (κ3) is 5.19. The number of rotatable bonds is 5. The zero-order valence-electron chi connectivity index (χ0n) is 17.4. The van der Waals surface area contributed by atoms with Crippen LogP contribution in [-0.4, -0.2) is 38.8 Å². The molecule has 11 heteroatoms. The molecule has 1 heterocycles. The summed E-state index contributed by atoms with van der Waals surface area (Å²) in [7, 11) is -2.56. The first-order valence-electron chi connectivity index (χ1n) is 9.76. The van der Waals surface area contributed by atoms with Gasteiger partial charge in [-0.25, -0.2) is 8.42 Å². The van der Waals surface area contributed by atoms with Crippen molar-refractivity contribution < 1.29 is 31.1 Å². The summed E-state index contributed by atoms with van der Waals surface area (Å²) in [6.07, 6.45) is -3.83. The Morgan fingerprint density at radius 1 is 1.22 bits per heavy atom. The predicted molar refractivity (Wildman–Crippen MR) is 114 cm³/mol. The van der Waals surface area contributed by atoms with E-state index in [1.165, 1.54) is 23.5 Å². The molecule has 1 amide bonds. The molecule has 0 bridgehead atoms. The van der Waals surface area contributed by atoms with Crippen molar-refractivity contribution in [1.82, 2.24) is 4.31 Å². The van der Waals surface area contributed by atoms with E-state index in [0.29, 0.717) is 12.8 Å². The molecule has 6 nitrogen and oxygen atoms in total. The van der Waals surface area contributed by atoms with E-state index in [2.05, 4.69) is 5.32 Å². The summed E-state index contributed by atoms with van der Waals surface area (Å²) >= 11 is 5.61. The van der Waals surface area contributed by atoms with Gasteiger partial charge in [0.1, 0.15) is 10.6 Å². The number of methoxy groups -OCH3 is 1. The van der Waals surface area contributed by atoms with Crippen molar-refractivity contribution in [2.45, 2.75) is 30.8 Å². The fourth-order valence-corrected chi connectivity index (χ4v) is 5.55. The van der Waals surface area contributed by atoms with Crippen molar-refractivity contribution in [2.24, 2.45) is 5.92 Å². The van der Waals surface area contributed by atoms with Gasteiger partial charge in [0.15, 0.2) is 0 Å². The lowest BCUT2D eigenvalue weighted by molar-refractivity contribution is -0.137. The number of carbonyl (C=O) groups excluding carboxylic acids is 1. The van der Waals surface area contributed by atoms with Crippen LogP contribution in [0.4, 0.5) is 18.9 Å². The van der Waals surface area contributed by atoms with E-state index in [-0.39, 0.29) is 29.4 Å². The molecule has 0 spiro atoms. The largest absolute Gasteiger partial charge is 0.495 e. The molecule has 1 saturated heterocycles. The van der Waals surface area contributed by atoms with Crippen LogP contribution in [-0.2, 0) is 21.0 Å². The number of piperidine rings is 1. The van der Waals surface area contributed by atoms with E-state index in [9.17, 15) is 26.4 Å². The molecule has 0 radical (unpaired) electrons. The highest BCUT2D eigenvalue weighted by Gasteiger charge is 2.36. The summed E-state index contributed by atoms with van der Waals surface area (Å²) in [5.74, 6) is -1.08. The highest BCUT2D eigenvalue weighted by atomic mass is 35.5. The highest BCUT2D eigenvalue weighted by Crippen LogP contribution is 2.36. The Morgan fingerprint density at radius 2 is 1.94 bits per heavy atom. The van der Waals surface area contributed by atoms with Gasteiger partial charge in [-0.05, 0) is 55.7 Å². The Kier molecular flexibility index (Phi) is 7.06. The molecular weight excluding hydrogens is 469 g/mol. The summed E-state index contributed by atoms with van der Waals surface area (Å²) < 4.78 is 72.0. The number of benzene rings is 2. The number of hydrogen-bond acceptors (Lipinski definition) is 4. The van der Waals surface area contributed by atoms with Crippen LogP contribution in [0.15, 0.2) is 41.3 Å². The first-order chi connectivity index (χ1) is 14.9. The molecule has 2 aromatic rings. The molecule has 1 atom stereocenters. The highest BCUT2D eigenvalue weighted by molar-refractivity contribution is 7.89. The standard InChI is InChI=1S/C21H22ClF3N2O4S/c1-13-5-8-18(31-2)19(10-13)32(29,30)27-9-3-4-14(12-27)20(28)26-15-6-7-17(22)16(11-15)21(23,24)25/h5-8,10-11,14H,3-4,9,12H2,1-2H3,(H,26,28)/t14-/m1/s1. The number of carbonyl (C=O) groups is 1. The number of nitrogens with one attached hydrogen (secondary N) is 1. The van der Waals surface area contributed by atoms with Crippen molar-refractivity contribution in [3.8, 4) is 5.75 Å². The van der Waals surface area contributed by atoms with Crippen LogP contribution in [0.25, 0.3) is 0 Å². The van der Waals surface area contributed by atoms with Crippen LogP contribution in [0.2, 0.25) is 5.02 Å². The van der Waals surface area contributed by atoms with Gasteiger partial charge >= 0.3 is 6.18 Å². The smallest absolute Gasteiger partial charge is 0.417 e. The lowest BCUT2D eigenvalue weighted by Crippen LogP contribution is -2.43. The van der Waals surface area contributed by atoms with Gasteiger partial charge in [-0.3, -0.25) is 4.79 Å². The van der Waals surface area contributed by atoms with Crippen molar-refractivity contribution in [3.05, 3.63) is 52.5 Å². The first-order valence-corrected chi connectivity index (χ1v) is 11.6. The monoisotopic (exact) mass is 490 g/mol. The van der Waals surface area contributed by atoms with E-state index in [0.717, 1.165) is 17.7 Å².